The first-order chi connectivity index (χ1) is 15.0. The number of anilines is 1. The van der Waals surface area contributed by atoms with Crippen LogP contribution < -0.4 is 10.2 Å². The normalized spacial score (nSPS) is 27.9. The van der Waals surface area contributed by atoms with Crippen molar-refractivity contribution in [2.24, 2.45) is 0 Å². The Hall–Kier alpha value is -2.12. The molecule has 4 rings (SSSR count). The monoisotopic (exact) mass is 427 g/mol. The fourth-order valence-corrected chi connectivity index (χ4v) is 5.47. The molecular weight excluding hydrogens is 390 g/mol. The molecular formula is C24H37N5O2. The van der Waals surface area contributed by atoms with E-state index in [1.165, 1.54) is 5.69 Å². The number of hydrogen-bond acceptors (Lipinski definition) is 5. The average molecular weight is 428 g/mol. The summed E-state index contributed by atoms with van der Waals surface area (Å²) >= 11 is 0. The number of amides is 2. The lowest BCUT2D eigenvalue weighted by Crippen LogP contribution is -2.51. The van der Waals surface area contributed by atoms with Crippen molar-refractivity contribution < 1.29 is 9.59 Å². The molecule has 2 amide bonds. The van der Waals surface area contributed by atoms with E-state index in [0.29, 0.717) is 19.0 Å². The summed E-state index contributed by atoms with van der Waals surface area (Å²) in [5.74, 6) is 0.386. The van der Waals surface area contributed by atoms with E-state index in [4.69, 9.17) is 0 Å². The molecule has 3 aliphatic rings. The first-order valence-electron chi connectivity index (χ1n) is 11.8. The molecule has 3 fully saturated rings. The molecule has 3 saturated heterocycles. The number of hydrogen-bond donors (Lipinski definition) is 1. The first-order valence-corrected chi connectivity index (χ1v) is 11.8. The highest BCUT2D eigenvalue weighted by atomic mass is 16.2. The van der Waals surface area contributed by atoms with Gasteiger partial charge in [0.1, 0.15) is 6.04 Å². The molecule has 0 bridgehead atoms. The Kier molecular flexibility index (Phi) is 6.82. The molecule has 1 aromatic carbocycles. The van der Waals surface area contributed by atoms with Crippen molar-refractivity contribution in [3.8, 4) is 0 Å². The largest absolute Gasteiger partial charge is 0.368 e. The van der Waals surface area contributed by atoms with Gasteiger partial charge < -0.3 is 15.1 Å². The maximum Gasteiger partial charge on any atom is 0.239 e. The number of carbonyl (C=O) groups is 2. The van der Waals surface area contributed by atoms with Crippen LogP contribution in [0, 0.1) is 0 Å². The van der Waals surface area contributed by atoms with E-state index in [2.05, 4.69) is 65.2 Å². The standard InChI is InChI=1S/C24H37N5O2/c1-18(2)29-12-11-21-23(29)24(31)25-17-20(26(21)3)9-10-22(30)28-15-13-27(14-16-28)19-7-5-4-6-8-19/h4-8,18,20-21,23H,9-17H2,1-3H3,(H,25,31)/t20-,21+,23-/m0/s1. The van der Waals surface area contributed by atoms with Crippen LogP contribution in [0.2, 0.25) is 0 Å². The zero-order valence-corrected chi connectivity index (χ0v) is 19.2. The van der Waals surface area contributed by atoms with E-state index >= 15 is 0 Å². The van der Waals surface area contributed by atoms with Gasteiger partial charge in [-0.1, -0.05) is 18.2 Å². The number of piperazine rings is 1. The molecule has 0 aromatic heterocycles. The number of likely N-dealkylation sites (tertiary alicyclic amines) is 1. The molecule has 7 heteroatoms. The fraction of sp³-hybridized carbons (Fsp3) is 0.667. The predicted octanol–water partition coefficient (Wildman–Crippen LogP) is 1.40. The van der Waals surface area contributed by atoms with Crippen LogP contribution in [0.5, 0.6) is 0 Å². The summed E-state index contributed by atoms with van der Waals surface area (Å²) in [6.07, 6.45) is 2.35. The summed E-state index contributed by atoms with van der Waals surface area (Å²) in [7, 11) is 2.13. The van der Waals surface area contributed by atoms with E-state index in [1.807, 2.05) is 11.0 Å². The second-order valence-electron chi connectivity index (χ2n) is 9.44. The maximum absolute atomic E-state index is 12.9. The molecule has 1 N–H and O–H groups in total. The van der Waals surface area contributed by atoms with Crippen molar-refractivity contribution in [3.63, 3.8) is 0 Å². The number of likely N-dealkylation sites (N-methyl/N-ethyl adjacent to an activating group) is 1. The highest BCUT2D eigenvalue weighted by Gasteiger charge is 2.45. The highest BCUT2D eigenvalue weighted by molar-refractivity contribution is 5.83. The van der Waals surface area contributed by atoms with E-state index in [9.17, 15) is 9.59 Å². The molecule has 3 aliphatic heterocycles. The van der Waals surface area contributed by atoms with Gasteiger partial charge in [0.15, 0.2) is 0 Å². The quantitative estimate of drug-likeness (QED) is 0.770. The zero-order valence-electron chi connectivity index (χ0n) is 19.2. The molecule has 0 aliphatic carbocycles. The Bertz CT molecular complexity index is 762. The van der Waals surface area contributed by atoms with Crippen molar-refractivity contribution in [3.05, 3.63) is 30.3 Å². The average Bonchev–Trinajstić information content (AvgIpc) is 3.20. The lowest BCUT2D eigenvalue weighted by molar-refractivity contribution is -0.132. The summed E-state index contributed by atoms with van der Waals surface area (Å²) in [5, 5.41) is 3.15. The van der Waals surface area contributed by atoms with Crippen molar-refractivity contribution >= 4 is 17.5 Å². The summed E-state index contributed by atoms with van der Waals surface area (Å²) in [5.41, 5.74) is 1.23. The van der Waals surface area contributed by atoms with Crippen LogP contribution in [-0.4, -0.2) is 97.0 Å². The number of nitrogens with one attached hydrogen (secondary N) is 1. The maximum atomic E-state index is 12.9. The van der Waals surface area contributed by atoms with Gasteiger partial charge in [0.2, 0.25) is 11.8 Å². The Labute approximate surface area is 186 Å². The Balaban J connectivity index is 1.29. The minimum atomic E-state index is -0.0724. The molecule has 170 valence electrons. The predicted molar refractivity (Wildman–Crippen MR) is 123 cm³/mol. The molecule has 3 atom stereocenters. The van der Waals surface area contributed by atoms with Crippen molar-refractivity contribution in [1.82, 2.24) is 20.0 Å². The number of para-hydroxylation sites is 1. The van der Waals surface area contributed by atoms with Crippen LogP contribution in [0.4, 0.5) is 5.69 Å². The van der Waals surface area contributed by atoms with Crippen LogP contribution in [0.25, 0.3) is 0 Å². The second-order valence-corrected chi connectivity index (χ2v) is 9.44. The molecule has 0 unspecified atom stereocenters. The second kappa shape index (κ2) is 9.57. The van der Waals surface area contributed by atoms with E-state index in [1.54, 1.807) is 0 Å². The summed E-state index contributed by atoms with van der Waals surface area (Å²) in [6.45, 7) is 9.22. The Morgan fingerprint density at radius 3 is 2.48 bits per heavy atom. The van der Waals surface area contributed by atoms with E-state index < -0.39 is 0 Å². The summed E-state index contributed by atoms with van der Waals surface area (Å²) in [4.78, 5) is 34.7. The smallest absolute Gasteiger partial charge is 0.239 e. The minimum absolute atomic E-state index is 0.0724. The van der Waals surface area contributed by atoms with Gasteiger partial charge >= 0.3 is 0 Å². The molecule has 0 saturated carbocycles. The van der Waals surface area contributed by atoms with Gasteiger partial charge in [0, 0.05) is 69.5 Å². The third-order valence-corrected chi connectivity index (χ3v) is 7.39. The van der Waals surface area contributed by atoms with Crippen molar-refractivity contribution in [2.75, 3.05) is 51.2 Å². The Morgan fingerprint density at radius 1 is 1.10 bits per heavy atom. The fourth-order valence-electron chi connectivity index (χ4n) is 5.47. The number of nitrogens with zero attached hydrogens (tertiary/aromatic N) is 4. The van der Waals surface area contributed by atoms with Gasteiger partial charge in [-0.05, 0) is 45.9 Å². The highest BCUT2D eigenvalue weighted by Crippen LogP contribution is 2.28. The van der Waals surface area contributed by atoms with Gasteiger partial charge in [0.05, 0.1) is 0 Å². The number of benzene rings is 1. The number of rotatable bonds is 5. The number of fused-ring (bicyclic) bond motifs is 1. The van der Waals surface area contributed by atoms with Crippen LogP contribution in [0.1, 0.15) is 33.1 Å². The zero-order chi connectivity index (χ0) is 22.0. The van der Waals surface area contributed by atoms with Crippen LogP contribution >= 0.6 is 0 Å². The van der Waals surface area contributed by atoms with Gasteiger partial charge in [-0.25, -0.2) is 0 Å². The van der Waals surface area contributed by atoms with Gasteiger partial charge in [-0.3, -0.25) is 19.4 Å². The molecule has 3 heterocycles. The summed E-state index contributed by atoms with van der Waals surface area (Å²) < 4.78 is 0. The lowest BCUT2D eigenvalue weighted by Gasteiger charge is -2.37. The Morgan fingerprint density at radius 2 is 1.81 bits per heavy atom. The SMILES string of the molecule is CC(C)N1CC[C@@H]2[C@H]1C(=O)NC[C@H](CCC(=O)N1CCN(c3ccccc3)CC1)N2C. The van der Waals surface area contributed by atoms with E-state index in [0.717, 1.165) is 45.6 Å². The third kappa shape index (κ3) is 4.72. The number of carbonyl (C=O) groups excluding carboxylic acids is 2. The van der Waals surface area contributed by atoms with Crippen LogP contribution in [-0.2, 0) is 9.59 Å². The molecule has 1 aromatic rings. The topological polar surface area (TPSA) is 59.1 Å². The molecule has 0 spiro atoms. The third-order valence-electron chi connectivity index (χ3n) is 7.39. The van der Waals surface area contributed by atoms with Gasteiger partial charge in [0.25, 0.3) is 0 Å². The minimum Gasteiger partial charge on any atom is -0.368 e. The first kappa shape index (κ1) is 22.1. The molecule has 0 radical (unpaired) electrons. The van der Waals surface area contributed by atoms with Crippen molar-refractivity contribution in [1.29, 1.82) is 0 Å². The van der Waals surface area contributed by atoms with Gasteiger partial charge in [-0.2, -0.15) is 0 Å². The lowest BCUT2D eigenvalue weighted by atomic mass is 10.0. The van der Waals surface area contributed by atoms with Crippen LogP contribution in [0.3, 0.4) is 0 Å². The van der Waals surface area contributed by atoms with Crippen molar-refractivity contribution in [2.45, 2.75) is 57.3 Å². The van der Waals surface area contributed by atoms with E-state index in [-0.39, 0.29) is 29.9 Å². The summed E-state index contributed by atoms with van der Waals surface area (Å²) in [6, 6.07) is 11.1. The van der Waals surface area contributed by atoms with Gasteiger partial charge in [-0.15, -0.1) is 0 Å². The molecule has 31 heavy (non-hydrogen) atoms. The molecule has 7 nitrogen and oxygen atoms in total. The van der Waals surface area contributed by atoms with Crippen LogP contribution in [0.15, 0.2) is 30.3 Å².